The molecule has 0 aromatic carbocycles. The van der Waals surface area contributed by atoms with Crippen LogP contribution in [-0.4, -0.2) is 25.6 Å². The van der Waals surface area contributed by atoms with Crippen LogP contribution in [0.15, 0.2) is 35.5 Å². The number of aryl methyl sites for hydroxylation is 1. The van der Waals surface area contributed by atoms with Crippen LogP contribution in [0.3, 0.4) is 0 Å². The number of nitrogens with zero attached hydrogens (tertiary/aromatic N) is 3. The highest BCUT2D eigenvalue weighted by molar-refractivity contribution is 5.94. The van der Waals surface area contributed by atoms with Crippen molar-refractivity contribution in [3.05, 3.63) is 46.8 Å². The number of rotatable bonds is 3. The largest absolute Gasteiger partial charge is 0.478 e. The number of pyridine rings is 1. The summed E-state index contributed by atoms with van der Waals surface area (Å²) in [7, 11) is 0. The first-order chi connectivity index (χ1) is 8.63. The summed E-state index contributed by atoms with van der Waals surface area (Å²) in [5.74, 6) is -1.12. The van der Waals surface area contributed by atoms with E-state index in [9.17, 15) is 9.59 Å². The van der Waals surface area contributed by atoms with Crippen molar-refractivity contribution in [1.82, 2.24) is 14.5 Å². The molecule has 2 heterocycles. The molecule has 0 spiro atoms. The zero-order chi connectivity index (χ0) is 13.1. The van der Waals surface area contributed by atoms with Gasteiger partial charge in [-0.25, -0.2) is 9.59 Å². The van der Waals surface area contributed by atoms with E-state index in [-0.39, 0.29) is 11.3 Å². The van der Waals surface area contributed by atoms with Gasteiger partial charge in [0.15, 0.2) is 0 Å². The topological polar surface area (TPSA) is 85.1 Å². The fourth-order valence-corrected chi connectivity index (χ4v) is 1.60. The van der Waals surface area contributed by atoms with E-state index in [0.717, 1.165) is 0 Å². The summed E-state index contributed by atoms with van der Waals surface area (Å²) in [6, 6.07) is 3.32. The Labute approximate surface area is 103 Å². The number of hydrogen-bond acceptors (Lipinski definition) is 4. The fraction of sp³-hybridized carbons (Fsp3) is 0.167. The summed E-state index contributed by atoms with van der Waals surface area (Å²) in [4.78, 5) is 30.6. The lowest BCUT2D eigenvalue weighted by Crippen LogP contribution is -2.24. The number of aromatic nitrogens is 3. The molecule has 0 unspecified atom stereocenters. The molecule has 0 bridgehead atoms. The van der Waals surface area contributed by atoms with Crippen molar-refractivity contribution in [2.75, 3.05) is 0 Å². The van der Waals surface area contributed by atoms with Gasteiger partial charge in [0.1, 0.15) is 5.56 Å². The van der Waals surface area contributed by atoms with E-state index in [1.807, 2.05) is 0 Å². The molecular formula is C12H11N3O3. The lowest BCUT2D eigenvalue weighted by Gasteiger charge is -2.07. The van der Waals surface area contributed by atoms with Crippen LogP contribution in [0.4, 0.5) is 0 Å². The lowest BCUT2D eigenvalue weighted by atomic mass is 10.1. The molecular weight excluding hydrogens is 234 g/mol. The summed E-state index contributed by atoms with van der Waals surface area (Å²) in [6.07, 6.45) is 4.35. The molecule has 0 aliphatic rings. The van der Waals surface area contributed by atoms with E-state index < -0.39 is 11.7 Å². The van der Waals surface area contributed by atoms with Crippen LogP contribution in [0, 0.1) is 0 Å². The summed E-state index contributed by atoms with van der Waals surface area (Å²) in [5.41, 5.74) is 0.173. The number of carboxylic acids is 1. The Bertz CT molecular complexity index is 635. The highest BCUT2D eigenvalue weighted by Crippen LogP contribution is 2.18. The van der Waals surface area contributed by atoms with Gasteiger partial charge in [0.05, 0.1) is 5.69 Å². The van der Waals surface area contributed by atoms with Crippen LogP contribution >= 0.6 is 0 Å². The Morgan fingerprint density at radius 3 is 2.83 bits per heavy atom. The molecule has 0 radical (unpaired) electrons. The second kappa shape index (κ2) is 4.79. The third-order valence-corrected chi connectivity index (χ3v) is 2.50. The first-order valence-corrected chi connectivity index (χ1v) is 5.38. The summed E-state index contributed by atoms with van der Waals surface area (Å²) in [6.45, 7) is 2.12. The summed E-state index contributed by atoms with van der Waals surface area (Å²) >= 11 is 0. The van der Waals surface area contributed by atoms with Crippen molar-refractivity contribution in [3.8, 4) is 11.3 Å². The minimum atomic E-state index is -1.12. The van der Waals surface area contributed by atoms with Crippen molar-refractivity contribution >= 4 is 5.97 Å². The molecule has 2 aromatic rings. The van der Waals surface area contributed by atoms with E-state index in [1.54, 1.807) is 25.3 Å². The first-order valence-electron chi connectivity index (χ1n) is 5.38. The van der Waals surface area contributed by atoms with Crippen LogP contribution < -0.4 is 5.69 Å². The van der Waals surface area contributed by atoms with E-state index >= 15 is 0 Å². The Kier molecular flexibility index (Phi) is 3.18. The van der Waals surface area contributed by atoms with Crippen LogP contribution in [0.1, 0.15) is 17.3 Å². The second-order valence-electron chi connectivity index (χ2n) is 3.62. The number of carboxylic acid groups (broad SMARTS) is 1. The van der Waals surface area contributed by atoms with E-state index in [1.165, 1.54) is 17.0 Å². The van der Waals surface area contributed by atoms with Gasteiger partial charge in [0.2, 0.25) is 0 Å². The molecule has 0 aliphatic heterocycles. The molecule has 0 saturated carbocycles. The summed E-state index contributed by atoms with van der Waals surface area (Å²) in [5, 5.41) is 9.16. The van der Waals surface area contributed by atoms with Crippen molar-refractivity contribution in [3.63, 3.8) is 0 Å². The highest BCUT2D eigenvalue weighted by Gasteiger charge is 2.15. The summed E-state index contributed by atoms with van der Waals surface area (Å²) < 4.78 is 1.25. The highest BCUT2D eigenvalue weighted by atomic mass is 16.4. The third kappa shape index (κ3) is 2.13. The molecule has 0 atom stereocenters. The van der Waals surface area contributed by atoms with Gasteiger partial charge in [-0.2, -0.15) is 4.98 Å². The average molecular weight is 245 g/mol. The van der Waals surface area contributed by atoms with Gasteiger partial charge in [0, 0.05) is 30.7 Å². The van der Waals surface area contributed by atoms with Crippen molar-refractivity contribution in [2.24, 2.45) is 0 Å². The van der Waals surface area contributed by atoms with Gasteiger partial charge < -0.3 is 5.11 Å². The van der Waals surface area contributed by atoms with Crippen LogP contribution in [-0.2, 0) is 6.54 Å². The van der Waals surface area contributed by atoms with Gasteiger partial charge in [-0.1, -0.05) is 0 Å². The minimum absolute atomic E-state index is 0.00977. The molecule has 0 saturated heterocycles. The van der Waals surface area contributed by atoms with Gasteiger partial charge >= 0.3 is 11.7 Å². The van der Waals surface area contributed by atoms with E-state index in [2.05, 4.69) is 9.97 Å². The number of aromatic carboxylic acids is 1. The smallest absolute Gasteiger partial charge is 0.348 e. The molecule has 2 aromatic heterocycles. The molecule has 2 rings (SSSR count). The van der Waals surface area contributed by atoms with Crippen molar-refractivity contribution < 1.29 is 9.90 Å². The molecule has 6 nitrogen and oxygen atoms in total. The number of carbonyl (C=O) groups is 1. The SMILES string of the molecule is CCn1cc(C(=O)O)c(-c2cccnc2)nc1=O. The Morgan fingerprint density at radius 1 is 1.50 bits per heavy atom. The van der Waals surface area contributed by atoms with Gasteiger partial charge in [0.25, 0.3) is 0 Å². The zero-order valence-electron chi connectivity index (χ0n) is 9.70. The predicted molar refractivity (Wildman–Crippen MR) is 64.4 cm³/mol. The maximum atomic E-state index is 11.7. The average Bonchev–Trinajstić information content (AvgIpc) is 2.39. The maximum absolute atomic E-state index is 11.7. The maximum Gasteiger partial charge on any atom is 0.348 e. The van der Waals surface area contributed by atoms with Crippen LogP contribution in [0.5, 0.6) is 0 Å². The van der Waals surface area contributed by atoms with Crippen LogP contribution in [0.25, 0.3) is 11.3 Å². The lowest BCUT2D eigenvalue weighted by molar-refractivity contribution is 0.0696. The fourth-order valence-electron chi connectivity index (χ4n) is 1.60. The van der Waals surface area contributed by atoms with E-state index in [4.69, 9.17) is 5.11 Å². The van der Waals surface area contributed by atoms with Crippen LogP contribution in [0.2, 0.25) is 0 Å². The quantitative estimate of drug-likeness (QED) is 0.872. The molecule has 92 valence electrons. The second-order valence-corrected chi connectivity index (χ2v) is 3.62. The molecule has 0 fully saturated rings. The molecule has 0 aliphatic carbocycles. The third-order valence-electron chi connectivity index (χ3n) is 2.50. The van der Waals surface area contributed by atoms with E-state index in [0.29, 0.717) is 12.1 Å². The molecule has 6 heteroatoms. The van der Waals surface area contributed by atoms with Gasteiger partial charge in [-0.05, 0) is 19.1 Å². The Balaban J connectivity index is 2.70. The molecule has 18 heavy (non-hydrogen) atoms. The van der Waals surface area contributed by atoms with Crippen molar-refractivity contribution in [1.29, 1.82) is 0 Å². The standard InChI is InChI=1S/C12H11N3O3/c1-2-15-7-9(11(16)17)10(14-12(15)18)8-4-3-5-13-6-8/h3-7H,2H2,1H3,(H,16,17). The Morgan fingerprint density at radius 2 is 2.28 bits per heavy atom. The minimum Gasteiger partial charge on any atom is -0.478 e. The van der Waals surface area contributed by atoms with Gasteiger partial charge in [-0.15, -0.1) is 0 Å². The predicted octanol–water partition coefficient (Wildman–Crippen LogP) is 1.02. The Hall–Kier alpha value is -2.50. The first kappa shape index (κ1) is 12.0. The molecule has 1 N–H and O–H groups in total. The zero-order valence-corrected chi connectivity index (χ0v) is 9.70. The van der Waals surface area contributed by atoms with Gasteiger partial charge in [-0.3, -0.25) is 9.55 Å². The normalized spacial score (nSPS) is 10.3. The monoisotopic (exact) mass is 245 g/mol. The number of hydrogen-bond donors (Lipinski definition) is 1. The molecule has 0 amide bonds. The van der Waals surface area contributed by atoms with Crippen molar-refractivity contribution in [2.45, 2.75) is 13.5 Å².